The molecule has 0 radical (unpaired) electrons. The predicted octanol–water partition coefficient (Wildman–Crippen LogP) is 3.37. The van der Waals surface area contributed by atoms with Crippen molar-refractivity contribution in [1.82, 2.24) is 0 Å². The zero-order valence-electron chi connectivity index (χ0n) is 17.8. The van der Waals surface area contributed by atoms with Crippen LogP contribution in [-0.4, -0.2) is 43.6 Å². The molecule has 1 N–H and O–H groups in total. The predicted molar refractivity (Wildman–Crippen MR) is 115 cm³/mol. The van der Waals surface area contributed by atoms with Crippen molar-refractivity contribution >= 4 is 39.9 Å². The molecule has 0 spiro atoms. The number of benzene rings is 1. The van der Waals surface area contributed by atoms with Crippen LogP contribution in [0.4, 0.5) is 10.7 Å². The number of thiophene rings is 1. The summed E-state index contributed by atoms with van der Waals surface area (Å²) >= 11 is 1.33. The molecule has 1 aromatic carbocycles. The van der Waals surface area contributed by atoms with Crippen molar-refractivity contribution < 1.29 is 33.5 Å². The second-order valence-electron chi connectivity index (χ2n) is 7.32. The van der Waals surface area contributed by atoms with Crippen LogP contribution in [-0.2, 0) is 27.1 Å². The van der Waals surface area contributed by atoms with E-state index in [1.54, 1.807) is 0 Å². The fraction of sp³-hybridized carbons (Fsp3) is 0.381. The number of methoxy groups -OCH3 is 2. The van der Waals surface area contributed by atoms with E-state index in [2.05, 4.69) is 17.0 Å². The Labute approximate surface area is 187 Å². The van der Waals surface area contributed by atoms with E-state index in [1.165, 1.54) is 30.6 Å². The lowest BCUT2D eigenvalue weighted by molar-refractivity contribution is -0.385. The molecule has 2 aromatic rings. The van der Waals surface area contributed by atoms with Gasteiger partial charge in [-0.1, -0.05) is 6.92 Å². The molecule has 3 rings (SSSR count). The lowest BCUT2D eigenvalue weighted by atomic mass is 9.88. The Hall–Kier alpha value is -3.47. The maximum Gasteiger partial charge on any atom is 0.341 e. The molecule has 10 nitrogen and oxygen atoms in total. The zero-order chi connectivity index (χ0) is 23.4. The first-order valence-corrected chi connectivity index (χ1v) is 10.6. The highest BCUT2D eigenvalue weighted by molar-refractivity contribution is 7.17. The molecule has 0 saturated carbocycles. The van der Waals surface area contributed by atoms with Gasteiger partial charge in [0.25, 0.3) is 5.91 Å². The number of rotatable bonds is 7. The summed E-state index contributed by atoms with van der Waals surface area (Å²) < 4.78 is 14.8. The highest BCUT2D eigenvalue weighted by atomic mass is 32.1. The molecule has 1 aliphatic carbocycles. The molecule has 0 saturated heterocycles. The number of nitrogens with one attached hydrogen (secondary N) is 1. The zero-order valence-corrected chi connectivity index (χ0v) is 18.6. The number of fused-ring (bicyclic) bond motifs is 1. The summed E-state index contributed by atoms with van der Waals surface area (Å²) in [6, 6.07) is 3.54. The van der Waals surface area contributed by atoms with Gasteiger partial charge in [0, 0.05) is 10.9 Å². The van der Waals surface area contributed by atoms with E-state index in [0.29, 0.717) is 16.5 Å². The van der Waals surface area contributed by atoms with Crippen molar-refractivity contribution in [2.75, 3.05) is 26.1 Å². The molecular formula is C21H22N2O8S. The van der Waals surface area contributed by atoms with Crippen LogP contribution in [0.3, 0.4) is 0 Å². The number of carbonyl (C=O) groups is 3. The van der Waals surface area contributed by atoms with Crippen LogP contribution < -0.4 is 10.1 Å². The highest BCUT2D eigenvalue weighted by Gasteiger charge is 2.29. The quantitative estimate of drug-likeness (QED) is 0.376. The summed E-state index contributed by atoms with van der Waals surface area (Å²) in [5, 5.41) is 14.4. The summed E-state index contributed by atoms with van der Waals surface area (Å²) in [4.78, 5) is 48.1. The summed E-state index contributed by atoms with van der Waals surface area (Å²) in [5.74, 6) is -1.54. The van der Waals surface area contributed by atoms with E-state index in [1.807, 2.05) is 0 Å². The minimum Gasteiger partial charge on any atom is -0.477 e. The van der Waals surface area contributed by atoms with Gasteiger partial charge in [-0.15, -0.1) is 11.3 Å². The topological polar surface area (TPSA) is 134 Å². The molecule has 170 valence electrons. The molecular weight excluding hydrogens is 440 g/mol. The van der Waals surface area contributed by atoms with E-state index in [9.17, 15) is 24.5 Å². The second kappa shape index (κ2) is 9.77. The summed E-state index contributed by atoms with van der Waals surface area (Å²) in [6.45, 7) is 1.60. The SMILES string of the molecule is COC(=O)c1ccc(OCC(=O)Nc2sc3c(c2C(=O)OC)CCC(C)C3)c([N+](=O)[O-])c1. The maximum atomic E-state index is 12.5. The fourth-order valence-electron chi connectivity index (χ4n) is 3.49. The van der Waals surface area contributed by atoms with Gasteiger partial charge in [-0.3, -0.25) is 14.9 Å². The lowest BCUT2D eigenvalue weighted by Crippen LogP contribution is -2.21. The van der Waals surface area contributed by atoms with E-state index in [-0.39, 0.29) is 11.3 Å². The van der Waals surface area contributed by atoms with E-state index >= 15 is 0 Å². The molecule has 11 heteroatoms. The molecule has 1 aliphatic rings. The first-order valence-electron chi connectivity index (χ1n) is 9.77. The standard InChI is InChI=1S/C21H22N2O8S/c1-11-4-6-13-16(8-11)32-19(18(13)21(26)30-3)22-17(24)10-31-15-7-5-12(20(25)29-2)9-14(15)23(27)28/h5,7,9,11H,4,6,8,10H2,1-3H3,(H,22,24). The Kier molecular flexibility index (Phi) is 7.08. The van der Waals surface area contributed by atoms with Crippen molar-refractivity contribution in [2.24, 2.45) is 5.92 Å². The third-order valence-corrected chi connectivity index (χ3v) is 6.26. The summed E-state index contributed by atoms with van der Waals surface area (Å²) in [5.41, 5.74) is 0.750. The van der Waals surface area contributed by atoms with Gasteiger partial charge in [-0.25, -0.2) is 9.59 Å². The normalized spacial score (nSPS) is 14.8. The van der Waals surface area contributed by atoms with Crippen molar-refractivity contribution in [3.63, 3.8) is 0 Å². The van der Waals surface area contributed by atoms with Crippen LogP contribution in [0.25, 0.3) is 0 Å². The number of amides is 1. The molecule has 32 heavy (non-hydrogen) atoms. The van der Waals surface area contributed by atoms with Crippen molar-refractivity contribution in [2.45, 2.75) is 26.2 Å². The van der Waals surface area contributed by atoms with Gasteiger partial charge in [0.05, 0.1) is 30.3 Å². The number of hydrogen-bond donors (Lipinski definition) is 1. The minimum atomic E-state index is -0.733. The van der Waals surface area contributed by atoms with E-state index in [4.69, 9.17) is 9.47 Å². The largest absolute Gasteiger partial charge is 0.477 e. The Bertz CT molecular complexity index is 1080. The average molecular weight is 462 g/mol. The number of hydrogen-bond acceptors (Lipinski definition) is 9. The molecule has 1 amide bonds. The Morgan fingerprint density at radius 3 is 2.59 bits per heavy atom. The van der Waals surface area contributed by atoms with Crippen LogP contribution >= 0.6 is 11.3 Å². The summed E-state index contributed by atoms with van der Waals surface area (Å²) in [7, 11) is 2.44. The Morgan fingerprint density at radius 2 is 1.94 bits per heavy atom. The van der Waals surface area contributed by atoms with Gasteiger partial charge in [0.1, 0.15) is 5.00 Å². The monoisotopic (exact) mass is 462 g/mol. The van der Waals surface area contributed by atoms with Crippen molar-refractivity contribution in [3.05, 3.63) is 49.9 Å². The van der Waals surface area contributed by atoms with Crippen LogP contribution in [0.5, 0.6) is 5.75 Å². The number of nitrogens with zero attached hydrogens (tertiary/aromatic N) is 1. The Balaban J connectivity index is 1.76. The number of nitro groups is 1. The third-order valence-electron chi connectivity index (χ3n) is 5.09. The van der Waals surface area contributed by atoms with Crippen molar-refractivity contribution in [3.8, 4) is 5.75 Å². The molecule has 1 aromatic heterocycles. The molecule has 0 aliphatic heterocycles. The highest BCUT2D eigenvalue weighted by Crippen LogP contribution is 2.40. The van der Waals surface area contributed by atoms with Gasteiger partial charge >= 0.3 is 17.6 Å². The first kappa shape index (κ1) is 23.2. The number of esters is 2. The number of nitro benzene ring substituents is 1. The van der Waals surface area contributed by atoms with Gasteiger partial charge < -0.3 is 19.5 Å². The summed E-state index contributed by atoms with van der Waals surface area (Å²) in [6.07, 6.45) is 2.48. The molecule has 1 unspecified atom stereocenters. The van der Waals surface area contributed by atoms with E-state index in [0.717, 1.165) is 42.9 Å². The average Bonchev–Trinajstić information content (AvgIpc) is 3.12. The second-order valence-corrected chi connectivity index (χ2v) is 8.42. The number of carbonyl (C=O) groups excluding carboxylic acids is 3. The Morgan fingerprint density at radius 1 is 1.22 bits per heavy atom. The molecule has 1 heterocycles. The van der Waals surface area contributed by atoms with Crippen molar-refractivity contribution in [1.29, 1.82) is 0 Å². The van der Waals surface area contributed by atoms with E-state index < -0.39 is 35.1 Å². The van der Waals surface area contributed by atoms with Crippen LogP contribution in [0.1, 0.15) is 44.5 Å². The number of ether oxygens (including phenoxy) is 3. The van der Waals surface area contributed by atoms with Crippen LogP contribution in [0.2, 0.25) is 0 Å². The van der Waals surface area contributed by atoms with Gasteiger partial charge in [-0.2, -0.15) is 0 Å². The molecule has 1 atom stereocenters. The third kappa shape index (κ3) is 4.88. The van der Waals surface area contributed by atoms with Gasteiger partial charge in [0.15, 0.2) is 12.4 Å². The lowest BCUT2D eigenvalue weighted by Gasteiger charge is -2.18. The van der Waals surface area contributed by atoms with Gasteiger partial charge in [-0.05, 0) is 42.9 Å². The van der Waals surface area contributed by atoms with Gasteiger partial charge in [0.2, 0.25) is 0 Å². The first-order chi connectivity index (χ1) is 15.2. The van der Waals surface area contributed by atoms with Crippen LogP contribution in [0, 0.1) is 16.0 Å². The maximum absolute atomic E-state index is 12.5. The fourth-order valence-corrected chi connectivity index (χ4v) is 4.90. The molecule has 0 fully saturated rings. The minimum absolute atomic E-state index is 0.0166. The molecule has 0 bridgehead atoms. The van der Waals surface area contributed by atoms with Crippen LogP contribution in [0.15, 0.2) is 18.2 Å². The smallest absolute Gasteiger partial charge is 0.341 e. The number of anilines is 1.